The van der Waals surface area contributed by atoms with E-state index in [1.807, 2.05) is 72.5 Å². The second kappa shape index (κ2) is 11.8. The topological polar surface area (TPSA) is 116 Å². The van der Waals surface area contributed by atoms with Gasteiger partial charge in [-0.15, -0.1) is 0 Å². The molecule has 3 aromatic heterocycles. The maximum atomic E-state index is 12.7. The fraction of sp³-hybridized carbons (Fsp3) is 0.314. The molecule has 5 aromatic rings. The Labute approximate surface area is 260 Å². The highest BCUT2D eigenvalue weighted by atomic mass is 16.5. The summed E-state index contributed by atoms with van der Waals surface area (Å²) in [6, 6.07) is 22.9. The number of likely N-dealkylation sites (tertiary alicyclic amines) is 1. The molecule has 7 rings (SSSR count). The number of amides is 1. The van der Waals surface area contributed by atoms with Gasteiger partial charge in [-0.2, -0.15) is 15.2 Å². The molecular formula is C35H34N6O4. The van der Waals surface area contributed by atoms with Gasteiger partial charge in [0.25, 0.3) is 11.4 Å². The number of nitrogens with zero attached hydrogens (tertiary/aromatic N) is 6. The largest absolute Gasteiger partial charge is 0.457 e. The van der Waals surface area contributed by atoms with Gasteiger partial charge < -0.3 is 18.7 Å². The van der Waals surface area contributed by atoms with Crippen molar-refractivity contribution < 1.29 is 14.1 Å². The Morgan fingerprint density at radius 3 is 2.47 bits per heavy atom. The molecule has 2 aromatic carbocycles. The summed E-state index contributed by atoms with van der Waals surface area (Å²) in [5.74, 6) is 2.47. The van der Waals surface area contributed by atoms with Crippen LogP contribution in [0.4, 0.5) is 0 Å². The Kier molecular flexibility index (Phi) is 7.48. The predicted molar refractivity (Wildman–Crippen MR) is 168 cm³/mol. The summed E-state index contributed by atoms with van der Waals surface area (Å²) in [5, 5.41) is 13.0. The van der Waals surface area contributed by atoms with Gasteiger partial charge in [0.05, 0.1) is 17.9 Å². The molecule has 2 aliphatic rings. The molecule has 1 aliphatic heterocycles. The fourth-order valence-corrected chi connectivity index (χ4v) is 5.70. The predicted octanol–water partition coefficient (Wildman–Crippen LogP) is 6.11. The zero-order chi connectivity index (χ0) is 31.1. The highest BCUT2D eigenvalue weighted by molar-refractivity contribution is 5.80. The molecule has 0 N–H and O–H groups in total. The Morgan fingerprint density at radius 1 is 0.956 bits per heavy atom. The highest BCUT2D eigenvalue weighted by Crippen LogP contribution is 2.37. The van der Waals surface area contributed by atoms with Crippen LogP contribution < -0.4 is 10.3 Å². The Hall–Kier alpha value is -5.12. The molecule has 1 amide bonds. The maximum Gasteiger partial charge on any atom is 0.258 e. The SMILES string of the molecule is Cc1cccc(=O)n1Cc1ccc(-c2nc([C@H]3CC(=O)N(C4CC4)C3)no2)cc1Oc1ccc(-c2ccc(C(C)C)nn2)cc1. The Bertz CT molecular complexity index is 1910. The number of aryl methyl sites for hydroxylation is 1. The van der Waals surface area contributed by atoms with Crippen LogP contribution >= 0.6 is 0 Å². The summed E-state index contributed by atoms with van der Waals surface area (Å²) >= 11 is 0. The fourth-order valence-electron chi connectivity index (χ4n) is 5.70. The van der Waals surface area contributed by atoms with E-state index in [0.717, 1.165) is 41.1 Å². The minimum absolute atomic E-state index is 0.0803. The molecule has 1 saturated carbocycles. The molecule has 4 heterocycles. The second-order valence-electron chi connectivity index (χ2n) is 12.2. The number of hydrogen-bond donors (Lipinski definition) is 0. The normalized spacial score (nSPS) is 16.5. The molecule has 0 radical (unpaired) electrons. The molecule has 0 spiro atoms. The number of benzene rings is 2. The molecule has 10 heteroatoms. The first kappa shape index (κ1) is 28.6. The van der Waals surface area contributed by atoms with Gasteiger partial charge in [0, 0.05) is 53.4 Å². The van der Waals surface area contributed by atoms with Gasteiger partial charge in [-0.1, -0.05) is 31.1 Å². The summed E-state index contributed by atoms with van der Waals surface area (Å²) < 4.78 is 13.8. The van der Waals surface area contributed by atoms with E-state index in [1.165, 1.54) is 0 Å². The third-order valence-electron chi connectivity index (χ3n) is 8.52. The zero-order valence-electron chi connectivity index (χ0n) is 25.5. The summed E-state index contributed by atoms with van der Waals surface area (Å²) in [5.41, 5.74) is 4.91. The lowest BCUT2D eigenvalue weighted by Crippen LogP contribution is -2.27. The number of aromatic nitrogens is 5. The lowest BCUT2D eigenvalue weighted by molar-refractivity contribution is -0.128. The molecule has 2 fully saturated rings. The van der Waals surface area contributed by atoms with Gasteiger partial charge in [0.2, 0.25) is 5.91 Å². The van der Waals surface area contributed by atoms with Crippen LogP contribution in [0.2, 0.25) is 0 Å². The summed E-state index contributed by atoms with van der Waals surface area (Å²) in [6.07, 6.45) is 2.54. The Morgan fingerprint density at radius 2 is 1.76 bits per heavy atom. The molecule has 45 heavy (non-hydrogen) atoms. The molecule has 1 saturated heterocycles. The third-order valence-corrected chi connectivity index (χ3v) is 8.52. The van der Waals surface area contributed by atoms with E-state index in [1.54, 1.807) is 16.7 Å². The first-order valence-electron chi connectivity index (χ1n) is 15.4. The van der Waals surface area contributed by atoms with Crippen LogP contribution in [-0.4, -0.2) is 48.3 Å². The van der Waals surface area contributed by atoms with Crippen LogP contribution in [-0.2, 0) is 11.3 Å². The third kappa shape index (κ3) is 6.00. The van der Waals surface area contributed by atoms with Gasteiger partial charge in [-0.05, 0) is 80.3 Å². The van der Waals surface area contributed by atoms with E-state index in [2.05, 4.69) is 34.2 Å². The van der Waals surface area contributed by atoms with Crippen LogP contribution in [0.5, 0.6) is 11.5 Å². The molecule has 10 nitrogen and oxygen atoms in total. The van der Waals surface area contributed by atoms with E-state index in [0.29, 0.717) is 60.2 Å². The number of ether oxygens (including phenoxy) is 1. The molecule has 228 valence electrons. The zero-order valence-corrected chi connectivity index (χ0v) is 25.5. The van der Waals surface area contributed by atoms with Crippen molar-refractivity contribution in [2.24, 2.45) is 0 Å². The lowest BCUT2D eigenvalue weighted by Gasteiger charge is -2.15. The Balaban J connectivity index is 1.17. The first-order chi connectivity index (χ1) is 21.8. The van der Waals surface area contributed by atoms with Crippen LogP contribution in [0.25, 0.3) is 22.7 Å². The monoisotopic (exact) mass is 602 g/mol. The number of rotatable bonds is 9. The molecule has 0 bridgehead atoms. The first-order valence-corrected chi connectivity index (χ1v) is 15.4. The van der Waals surface area contributed by atoms with Crippen molar-refractivity contribution >= 4 is 5.91 Å². The van der Waals surface area contributed by atoms with E-state index >= 15 is 0 Å². The van der Waals surface area contributed by atoms with Crippen LogP contribution in [0, 0.1) is 6.92 Å². The van der Waals surface area contributed by atoms with Crippen LogP contribution in [0.1, 0.15) is 67.7 Å². The molecular weight excluding hydrogens is 568 g/mol. The van der Waals surface area contributed by atoms with Gasteiger partial charge in [-0.3, -0.25) is 9.59 Å². The smallest absolute Gasteiger partial charge is 0.258 e. The van der Waals surface area contributed by atoms with E-state index in [4.69, 9.17) is 9.26 Å². The average molecular weight is 603 g/mol. The highest BCUT2D eigenvalue weighted by Gasteiger charge is 2.41. The van der Waals surface area contributed by atoms with Crippen molar-refractivity contribution in [1.29, 1.82) is 0 Å². The average Bonchev–Trinajstić information content (AvgIpc) is 3.62. The summed E-state index contributed by atoms with van der Waals surface area (Å²) in [6.45, 7) is 7.04. The van der Waals surface area contributed by atoms with Crippen LogP contribution in [0.15, 0.2) is 82.1 Å². The van der Waals surface area contributed by atoms with Gasteiger partial charge in [-0.25, -0.2) is 0 Å². The van der Waals surface area contributed by atoms with Gasteiger partial charge in [0.15, 0.2) is 5.82 Å². The minimum Gasteiger partial charge on any atom is -0.457 e. The van der Waals surface area contributed by atoms with Crippen molar-refractivity contribution in [2.45, 2.75) is 64.5 Å². The quantitative estimate of drug-likeness (QED) is 0.199. The van der Waals surface area contributed by atoms with Crippen molar-refractivity contribution in [1.82, 2.24) is 29.8 Å². The standard InChI is InChI=1S/C35H34N6O4/c1-21(2)29-15-16-30(38-37-29)23-9-13-28(14-10-23)44-31-17-24(7-8-25(31)19-40-22(3)5-4-6-32(40)42)35-36-34(39-45-35)26-18-33(43)41(20-26)27-11-12-27/h4-10,13-17,21,26-27H,11-12,18-20H2,1-3H3/t26-/m0/s1. The van der Waals surface area contributed by atoms with E-state index in [9.17, 15) is 9.59 Å². The van der Waals surface area contributed by atoms with E-state index in [-0.39, 0.29) is 17.4 Å². The van der Waals surface area contributed by atoms with Crippen molar-refractivity contribution in [3.05, 3.63) is 106 Å². The number of carbonyl (C=O) groups excluding carboxylic acids is 1. The number of hydrogen-bond acceptors (Lipinski definition) is 8. The number of pyridine rings is 1. The molecule has 0 unspecified atom stereocenters. The van der Waals surface area contributed by atoms with Gasteiger partial charge in [0.1, 0.15) is 11.5 Å². The lowest BCUT2D eigenvalue weighted by atomic mass is 10.1. The number of carbonyl (C=O) groups is 1. The van der Waals surface area contributed by atoms with Crippen LogP contribution in [0.3, 0.4) is 0 Å². The summed E-state index contributed by atoms with van der Waals surface area (Å²) in [7, 11) is 0. The van der Waals surface area contributed by atoms with Crippen molar-refractivity contribution in [2.75, 3.05) is 6.54 Å². The minimum atomic E-state index is -0.0909. The molecule has 1 atom stereocenters. The van der Waals surface area contributed by atoms with E-state index < -0.39 is 0 Å². The molecule has 1 aliphatic carbocycles. The van der Waals surface area contributed by atoms with Crippen molar-refractivity contribution in [3.8, 4) is 34.2 Å². The second-order valence-corrected chi connectivity index (χ2v) is 12.2. The van der Waals surface area contributed by atoms with Crippen molar-refractivity contribution in [3.63, 3.8) is 0 Å². The van der Waals surface area contributed by atoms with Gasteiger partial charge >= 0.3 is 0 Å². The summed E-state index contributed by atoms with van der Waals surface area (Å²) in [4.78, 5) is 31.8. The maximum absolute atomic E-state index is 12.7.